The van der Waals surface area contributed by atoms with Crippen molar-refractivity contribution in [2.75, 3.05) is 40.1 Å². The zero-order valence-corrected chi connectivity index (χ0v) is 21.9. The smallest absolute Gasteiger partial charge is 0.328 e. The van der Waals surface area contributed by atoms with Crippen LogP contribution in [0.25, 0.3) is 0 Å². The number of urea groups is 1. The van der Waals surface area contributed by atoms with E-state index in [9.17, 15) is 22.8 Å². The monoisotopic (exact) mass is 524 g/mol. The Balaban J connectivity index is 1.77. The third-order valence-corrected chi connectivity index (χ3v) is 7.98. The Kier molecular flexibility index (Phi) is 9.55. The third kappa shape index (κ3) is 7.33. The Bertz CT molecular complexity index is 1030. The second-order valence-electron chi connectivity index (χ2n) is 9.25. The van der Waals surface area contributed by atoms with Crippen LogP contribution in [0, 0.1) is 0 Å². The molecule has 2 aliphatic rings. The molecule has 36 heavy (non-hydrogen) atoms. The molecule has 0 bridgehead atoms. The number of carbonyl (C=O) groups excluding carboxylic acids is 3. The summed E-state index contributed by atoms with van der Waals surface area (Å²) in [4.78, 5) is 40.4. The fourth-order valence-corrected chi connectivity index (χ4v) is 5.46. The van der Waals surface area contributed by atoms with Gasteiger partial charge in [0, 0.05) is 32.1 Å². The van der Waals surface area contributed by atoms with Crippen LogP contribution in [0.5, 0.6) is 5.75 Å². The highest BCUT2D eigenvalue weighted by Crippen LogP contribution is 2.20. The van der Waals surface area contributed by atoms with E-state index in [0.29, 0.717) is 5.75 Å². The van der Waals surface area contributed by atoms with E-state index in [1.54, 1.807) is 31.4 Å². The van der Waals surface area contributed by atoms with Crippen LogP contribution in [0.15, 0.2) is 24.3 Å². The number of benzene rings is 1. The highest BCUT2D eigenvalue weighted by atomic mass is 32.2. The van der Waals surface area contributed by atoms with Gasteiger partial charge in [-0.3, -0.25) is 4.79 Å². The standard InChI is InChI=1S/C24H36N4O7S/c1-34-19-11-9-17(10-12-19)15-20(23(30)35-2)26-22(29)21-16-27(36(3,32)33)13-14-28(21)24(31)25-18-7-5-4-6-8-18/h9-12,18,20-21H,4-8,13-16H2,1-3H3,(H,25,31)(H,26,29)/t20-,21-/m0/s1. The number of ether oxygens (including phenoxy) is 2. The summed E-state index contributed by atoms with van der Waals surface area (Å²) in [6.07, 6.45) is 6.16. The number of amides is 3. The zero-order chi connectivity index (χ0) is 26.3. The molecule has 2 fully saturated rings. The van der Waals surface area contributed by atoms with Crippen LogP contribution < -0.4 is 15.4 Å². The summed E-state index contributed by atoms with van der Waals surface area (Å²) in [5.41, 5.74) is 0.764. The first-order chi connectivity index (χ1) is 17.1. The number of esters is 1. The zero-order valence-electron chi connectivity index (χ0n) is 21.1. The van der Waals surface area contributed by atoms with E-state index in [2.05, 4.69) is 10.6 Å². The van der Waals surface area contributed by atoms with Gasteiger partial charge in [0.25, 0.3) is 0 Å². The number of piperazine rings is 1. The molecule has 1 aliphatic carbocycles. The molecule has 3 rings (SSSR count). The molecule has 0 radical (unpaired) electrons. The van der Waals surface area contributed by atoms with E-state index >= 15 is 0 Å². The van der Waals surface area contributed by atoms with Crippen molar-refractivity contribution in [1.82, 2.24) is 19.8 Å². The Hall–Kier alpha value is -2.86. The number of rotatable bonds is 8. The van der Waals surface area contributed by atoms with Crippen molar-refractivity contribution < 1.29 is 32.3 Å². The van der Waals surface area contributed by atoms with Crippen molar-refractivity contribution >= 4 is 27.9 Å². The van der Waals surface area contributed by atoms with Gasteiger partial charge in [0.15, 0.2) is 0 Å². The minimum atomic E-state index is -3.58. The van der Waals surface area contributed by atoms with Gasteiger partial charge in [-0.2, -0.15) is 4.31 Å². The lowest BCUT2D eigenvalue weighted by atomic mass is 9.96. The molecule has 0 aromatic heterocycles. The lowest BCUT2D eigenvalue weighted by Crippen LogP contribution is -2.64. The normalized spacial score (nSPS) is 20.3. The van der Waals surface area contributed by atoms with Crippen LogP contribution in [0.1, 0.15) is 37.7 Å². The number of nitrogens with one attached hydrogen (secondary N) is 2. The van der Waals surface area contributed by atoms with Gasteiger partial charge in [-0.15, -0.1) is 0 Å². The molecule has 1 heterocycles. The van der Waals surface area contributed by atoms with Gasteiger partial charge >= 0.3 is 12.0 Å². The molecule has 0 spiro atoms. The SMILES string of the molecule is COC(=O)[C@H](Cc1ccc(OC)cc1)NC(=O)[C@@H]1CN(S(C)(=O)=O)CCN1C(=O)NC1CCCCC1. The number of nitrogens with zero attached hydrogens (tertiary/aromatic N) is 2. The van der Waals surface area contributed by atoms with Crippen molar-refractivity contribution in [3.05, 3.63) is 29.8 Å². The van der Waals surface area contributed by atoms with Crippen LogP contribution in [0.4, 0.5) is 4.79 Å². The maximum atomic E-state index is 13.4. The number of hydrogen-bond donors (Lipinski definition) is 2. The van der Waals surface area contributed by atoms with Gasteiger partial charge < -0.3 is 25.0 Å². The minimum Gasteiger partial charge on any atom is -0.497 e. The quantitative estimate of drug-likeness (QED) is 0.482. The first-order valence-electron chi connectivity index (χ1n) is 12.2. The average molecular weight is 525 g/mol. The van der Waals surface area contributed by atoms with Crippen LogP contribution >= 0.6 is 0 Å². The van der Waals surface area contributed by atoms with Crippen LogP contribution in [-0.4, -0.2) is 93.8 Å². The third-order valence-electron chi connectivity index (χ3n) is 6.71. The number of sulfonamides is 1. The van der Waals surface area contributed by atoms with Crippen LogP contribution in [0.3, 0.4) is 0 Å². The molecule has 200 valence electrons. The molecular weight excluding hydrogens is 488 g/mol. The van der Waals surface area contributed by atoms with E-state index in [1.165, 1.54) is 16.3 Å². The highest BCUT2D eigenvalue weighted by Gasteiger charge is 2.40. The summed E-state index contributed by atoms with van der Waals surface area (Å²) in [5, 5.41) is 5.69. The lowest BCUT2D eigenvalue weighted by Gasteiger charge is -2.40. The van der Waals surface area contributed by atoms with E-state index < -0.39 is 40.0 Å². The fraction of sp³-hybridized carbons (Fsp3) is 0.625. The molecule has 1 aliphatic heterocycles. The van der Waals surface area contributed by atoms with Gasteiger partial charge in [-0.1, -0.05) is 31.4 Å². The Morgan fingerprint density at radius 2 is 1.72 bits per heavy atom. The molecule has 11 nitrogen and oxygen atoms in total. The van der Waals surface area contributed by atoms with Gasteiger partial charge in [-0.25, -0.2) is 18.0 Å². The molecule has 1 aromatic rings. The van der Waals surface area contributed by atoms with E-state index in [-0.39, 0.29) is 32.1 Å². The molecule has 1 saturated carbocycles. The van der Waals surface area contributed by atoms with Gasteiger partial charge in [0.05, 0.1) is 20.5 Å². The molecule has 1 aromatic carbocycles. The van der Waals surface area contributed by atoms with Crippen LogP contribution in [-0.2, 0) is 30.8 Å². The van der Waals surface area contributed by atoms with E-state index in [4.69, 9.17) is 9.47 Å². The van der Waals surface area contributed by atoms with Crippen molar-refractivity contribution in [3.63, 3.8) is 0 Å². The lowest BCUT2D eigenvalue weighted by molar-refractivity contribution is -0.145. The summed E-state index contributed by atoms with van der Waals surface area (Å²) in [7, 11) is -0.806. The summed E-state index contributed by atoms with van der Waals surface area (Å²) in [5.74, 6) is -0.612. The molecule has 12 heteroatoms. The average Bonchev–Trinajstić information content (AvgIpc) is 2.87. The molecular formula is C24H36N4O7S. The molecule has 2 N–H and O–H groups in total. The minimum absolute atomic E-state index is 0.0285. The van der Waals surface area contributed by atoms with Gasteiger partial charge in [0.1, 0.15) is 17.8 Å². The number of carbonyl (C=O) groups is 3. The summed E-state index contributed by atoms with van der Waals surface area (Å²) in [6, 6.07) is 4.55. The number of hydrogen-bond acceptors (Lipinski definition) is 7. The molecule has 1 saturated heterocycles. The second-order valence-corrected chi connectivity index (χ2v) is 11.2. The maximum Gasteiger partial charge on any atom is 0.328 e. The topological polar surface area (TPSA) is 134 Å². The maximum absolute atomic E-state index is 13.4. The predicted molar refractivity (Wildman–Crippen MR) is 133 cm³/mol. The van der Waals surface area contributed by atoms with Crippen LogP contribution in [0.2, 0.25) is 0 Å². The molecule has 3 amide bonds. The number of methoxy groups -OCH3 is 2. The fourth-order valence-electron chi connectivity index (χ4n) is 4.63. The highest BCUT2D eigenvalue weighted by molar-refractivity contribution is 7.88. The predicted octanol–water partition coefficient (Wildman–Crippen LogP) is 0.884. The van der Waals surface area contributed by atoms with Gasteiger partial charge in [-0.05, 0) is 30.5 Å². The first kappa shape index (κ1) is 27.7. The summed E-state index contributed by atoms with van der Waals surface area (Å²) < 4.78 is 35.6. The van der Waals surface area contributed by atoms with E-state index in [1.807, 2.05) is 0 Å². The molecule has 0 unspecified atom stereocenters. The second kappa shape index (κ2) is 12.4. The first-order valence-corrected chi connectivity index (χ1v) is 14.0. The Morgan fingerprint density at radius 3 is 2.31 bits per heavy atom. The van der Waals surface area contributed by atoms with Crippen molar-refractivity contribution in [1.29, 1.82) is 0 Å². The van der Waals surface area contributed by atoms with Crippen molar-refractivity contribution in [3.8, 4) is 5.75 Å². The van der Waals surface area contributed by atoms with Crippen molar-refractivity contribution in [2.24, 2.45) is 0 Å². The summed E-state index contributed by atoms with van der Waals surface area (Å²) >= 11 is 0. The Morgan fingerprint density at radius 1 is 1.06 bits per heavy atom. The largest absolute Gasteiger partial charge is 0.497 e. The van der Waals surface area contributed by atoms with Gasteiger partial charge in [0.2, 0.25) is 15.9 Å². The summed E-state index contributed by atoms with van der Waals surface area (Å²) in [6.45, 7) is -0.0444. The van der Waals surface area contributed by atoms with Crippen molar-refractivity contribution in [2.45, 2.75) is 56.7 Å². The Labute approximate surface area is 212 Å². The van der Waals surface area contributed by atoms with E-state index in [0.717, 1.165) is 43.9 Å². The molecule has 2 atom stereocenters.